The van der Waals surface area contributed by atoms with Gasteiger partial charge >= 0.3 is 17.9 Å². The molecule has 0 atom stereocenters. The quantitative estimate of drug-likeness (QED) is 0.350. The van der Waals surface area contributed by atoms with Crippen molar-refractivity contribution in [2.45, 2.75) is 0 Å². The number of aliphatic imine (C=N–C) groups is 1. The Morgan fingerprint density at radius 1 is 0.914 bits per heavy atom. The van der Waals surface area contributed by atoms with Gasteiger partial charge in [-0.3, -0.25) is 9.69 Å². The largest absolute Gasteiger partial charge is 0.466 e. The number of rotatable bonds is 7. The number of thioether (sulfide) groups is 1. The van der Waals surface area contributed by atoms with E-state index >= 15 is 0 Å². The molecule has 11 heteroatoms. The molecule has 0 unspecified atom stereocenters. The normalized spacial score (nSPS) is 15.8. The summed E-state index contributed by atoms with van der Waals surface area (Å²) in [4.78, 5) is 55.2. The Morgan fingerprint density at radius 3 is 2.23 bits per heavy atom. The summed E-state index contributed by atoms with van der Waals surface area (Å²) >= 11 is 0.991. The minimum Gasteiger partial charge on any atom is -0.466 e. The van der Waals surface area contributed by atoms with Gasteiger partial charge in [-0.25, -0.2) is 19.4 Å². The highest BCUT2D eigenvalue weighted by molar-refractivity contribution is 8.19. The number of hydrogen-bond donors (Lipinski definition) is 1. The van der Waals surface area contributed by atoms with Crippen LogP contribution in [0.4, 0.5) is 17.1 Å². The highest BCUT2D eigenvalue weighted by atomic mass is 32.2. The summed E-state index contributed by atoms with van der Waals surface area (Å²) in [5.41, 5.74) is 0.978. The van der Waals surface area contributed by atoms with E-state index in [0.717, 1.165) is 31.0 Å². The number of esters is 3. The van der Waals surface area contributed by atoms with Gasteiger partial charge in [-0.05, 0) is 36.0 Å². The molecule has 10 nitrogen and oxygen atoms in total. The smallest absolute Gasteiger partial charge is 0.354 e. The minimum absolute atomic E-state index is 0.0969. The van der Waals surface area contributed by atoms with E-state index in [9.17, 15) is 19.2 Å². The fraction of sp³-hybridized carbons (Fsp3) is 0.125. The van der Waals surface area contributed by atoms with Crippen LogP contribution in [0.15, 0.2) is 82.3 Å². The summed E-state index contributed by atoms with van der Waals surface area (Å²) in [6.07, 6.45) is 2.02. The highest BCUT2D eigenvalue weighted by Crippen LogP contribution is 2.39. The Hall–Kier alpha value is -4.38. The number of amidine groups is 1. The van der Waals surface area contributed by atoms with E-state index < -0.39 is 23.8 Å². The molecule has 1 aliphatic heterocycles. The van der Waals surface area contributed by atoms with Crippen molar-refractivity contribution >= 4 is 57.8 Å². The molecular weight excluding hydrogens is 474 g/mol. The third-order valence-electron chi connectivity index (χ3n) is 4.52. The first-order valence-corrected chi connectivity index (χ1v) is 10.9. The van der Waals surface area contributed by atoms with E-state index in [0.29, 0.717) is 17.1 Å². The third kappa shape index (κ3) is 6.15. The van der Waals surface area contributed by atoms with E-state index in [1.807, 2.05) is 6.07 Å². The van der Waals surface area contributed by atoms with Crippen LogP contribution in [0.5, 0.6) is 0 Å². The SMILES string of the molecule is COC(=O)/C=C1\SC(=Nc2ccccc2)N(c2ccccc2N/C(=C/C(=O)OC)C(=O)OC)C1=O. The first-order chi connectivity index (χ1) is 16.9. The molecule has 2 aromatic rings. The molecule has 35 heavy (non-hydrogen) atoms. The Labute approximate surface area is 205 Å². The molecule has 0 radical (unpaired) electrons. The Balaban J connectivity index is 2.11. The van der Waals surface area contributed by atoms with Gasteiger partial charge in [0, 0.05) is 6.08 Å². The number of amides is 1. The monoisotopic (exact) mass is 495 g/mol. The number of benzene rings is 2. The van der Waals surface area contributed by atoms with Crippen molar-refractivity contribution in [1.82, 2.24) is 0 Å². The van der Waals surface area contributed by atoms with Crippen molar-refractivity contribution in [3.05, 3.63) is 77.4 Å². The fourth-order valence-electron chi connectivity index (χ4n) is 2.89. The molecule has 0 aliphatic carbocycles. The number of anilines is 2. The van der Waals surface area contributed by atoms with Gasteiger partial charge in [0.15, 0.2) is 5.17 Å². The number of hydrogen-bond acceptors (Lipinski definition) is 10. The lowest BCUT2D eigenvalue weighted by Crippen LogP contribution is -2.30. The number of nitrogens with zero attached hydrogens (tertiary/aromatic N) is 2. The van der Waals surface area contributed by atoms with Gasteiger partial charge < -0.3 is 19.5 Å². The van der Waals surface area contributed by atoms with E-state index in [-0.39, 0.29) is 15.8 Å². The van der Waals surface area contributed by atoms with E-state index in [4.69, 9.17) is 4.74 Å². The Morgan fingerprint density at radius 2 is 1.57 bits per heavy atom. The number of nitrogens with one attached hydrogen (secondary N) is 1. The Bertz CT molecular complexity index is 1240. The van der Waals surface area contributed by atoms with Crippen molar-refractivity contribution in [2.24, 2.45) is 4.99 Å². The third-order valence-corrected chi connectivity index (χ3v) is 5.49. The van der Waals surface area contributed by atoms with Crippen LogP contribution in [0.1, 0.15) is 0 Å². The van der Waals surface area contributed by atoms with Crippen LogP contribution in [-0.2, 0) is 33.4 Å². The van der Waals surface area contributed by atoms with E-state index in [1.165, 1.54) is 19.1 Å². The first-order valence-electron chi connectivity index (χ1n) is 10.1. The number of ether oxygens (including phenoxy) is 3. The summed E-state index contributed by atoms with van der Waals surface area (Å²) in [6, 6.07) is 15.5. The predicted octanol–water partition coefficient (Wildman–Crippen LogP) is 3.15. The molecule has 3 rings (SSSR count). The van der Waals surface area contributed by atoms with Crippen molar-refractivity contribution in [1.29, 1.82) is 0 Å². The van der Waals surface area contributed by atoms with Crippen LogP contribution < -0.4 is 10.2 Å². The molecule has 0 aromatic heterocycles. The van der Waals surface area contributed by atoms with Gasteiger partial charge in [0.2, 0.25) is 0 Å². The molecule has 180 valence electrons. The first kappa shape index (κ1) is 25.2. The molecule has 1 N–H and O–H groups in total. The van der Waals surface area contributed by atoms with Gasteiger partial charge in [-0.2, -0.15) is 0 Å². The zero-order valence-electron chi connectivity index (χ0n) is 19.0. The maximum atomic E-state index is 13.4. The molecule has 2 aromatic carbocycles. The maximum absolute atomic E-state index is 13.4. The van der Waals surface area contributed by atoms with Crippen LogP contribution in [0.2, 0.25) is 0 Å². The number of carbonyl (C=O) groups excluding carboxylic acids is 4. The lowest BCUT2D eigenvalue weighted by molar-refractivity contribution is -0.138. The molecule has 1 saturated heterocycles. The molecule has 0 spiro atoms. The van der Waals surface area contributed by atoms with Crippen molar-refractivity contribution in [3.63, 3.8) is 0 Å². The van der Waals surface area contributed by atoms with Gasteiger partial charge in [0.05, 0.1) is 49.4 Å². The summed E-state index contributed by atoms with van der Waals surface area (Å²) in [6.45, 7) is 0. The topological polar surface area (TPSA) is 124 Å². The van der Waals surface area contributed by atoms with Gasteiger partial charge in [0.1, 0.15) is 5.70 Å². The second kappa shape index (κ2) is 11.7. The van der Waals surface area contributed by atoms with Crippen molar-refractivity contribution in [3.8, 4) is 0 Å². The van der Waals surface area contributed by atoms with Crippen LogP contribution in [-0.4, -0.2) is 50.3 Å². The molecule has 0 bridgehead atoms. The van der Waals surface area contributed by atoms with Crippen LogP contribution in [0.3, 0.4) is 0 Å². The number of para-hydroxylation sites is 3. The number of methoxy groups -OCH3 is 3. The van der Waals surface area contributed by atoms with E-state index in [2.05, 4.69) is 19.8 Å². The second-order valence-electron chi connectivity index (χ2n) is 6.72. The summed E-state index contributed by atoms with van der Waals surface area (Å²) < 4.78 is 14.0. The lowest BCUT2D eigenvalue weighted by Gasteiger charge is -2.20. The zero-order chi connectivity index (χ0) is 25.4. The summed E-state index contributed by atoms with van der Waals surface area (Å²) in [7, 11) is 3.54. The average Bonchev–Trinajstić information content (AvgIpc) is 3.17. The molecule has 1 amide bonds. The zero-order valence-corrected chi connectivity index (χ0v) is 19.8. The molecule has 1 aliphatic rings. The lowest BCUT2D eigenvalue weighted by atomic mass is 10.2. The number of carbonyl (C=O) groups is 4. The maximum Gasteiger partial charge on any atom is 0.354 e. The van der Waals surface area contributed by atoms with Crippen LogP contribution in [0, 0.1) is 0 Å². The second-order valence-corrected chi connectivity index (χ2v) is 7.73. The van der Waals surface area contributed by atoms with Gasteiger partial charge in [-0.1, -0.05) is 30.3 Å². The predicted molar refractivity (Wildman–Crippen MR) is 131 cm³/mol. The fourth-order valence-corrected chi connectivity index (χ4v) is 3.85. The molecular formula is C24H21N3O7S. The average molecular weight is 496 g/mol. The highest BCUT2D eigenvalue weighted by Gasteiger charge is 2.37. The van der Waals surface area contributed by atoms with Crippen LogP contribution in [0.25, 0.3) is 0 Å². The van der Waals surface area contributed by atoms with Gasteiger partial charge in [0.25, 0.3) is 5.91 Å². The Kier molecular flexibility index (Phi) is 8.41. The van der Waals surface area contributed by atoms with Crippen LogP contribution >= 0.6 is 11.8 Å². The van der Waals surface area contributed by atoms with Gasteiger partial charge in [-0.15, -0.1) is 0 Å². The molecule has 1 fully saturated rings. The van der Waals surface area contributed by atoms with E-state index in [1.54, 1.807) is 48.5 Å². The van der Waals surface area contributed by atoms with Crippen molar-refractivity contribution in [2.75, 3.05) is 31.5 Å². The van der Waals surface area contributed by atoms with Crippen molar-refractivity contribution < 1.29 is 33.4 Å². The minimum atomic E-state index is -0.822. The molecule has 1 heterocycles. The summed E-state index contributed by atoms with van der Waals surface area (Å²) in [5, 5.41) is 3.09. The molecule has 0 saturated carbocycles. The standard InChI is InChI=1S/C24H21N3O7S/c1-32-20(28)13-17(23(31)34-3)26-16-11-7-8-12-18(16)27-22(30)19(14-21(29)33-2)35-24(27)25-15-9-5-4-6-10-15/h4-14,26H,1-3H3/b17-13+,19-14-,25-24?. The summed E-state index contributed by atoms with van der Waals surface area (Å²) in [5.74, 6) is -2.82.